The maximum atomic E-state index is 6.06. The van der Waals surface area contributed by atoms with Crippen LogP contribution in [-0.4, -0.2) is 19.3 Å². The lowest BCUT2D eigenvalue weighted by Crippen LogP contribution is -2.18. The number of hydrogen-bond donors (Lipinski definition) is 1. The van der Waals surface area contributed by atoms with Gasteiger partial charge in [0.25, 0.3) is 0 Å². The summed E-state index contributed by atoms with van der Waals surface area (Å²) >= 11 is 3.55. The SMILES string of the molecule is Cc1cccc(COc2ccc(Br)cc2CNCCCOC(C)C)c1. The van der Waals surface area contributed by atoms with Gasteiger partial charge in [0.1, 0.15) is 12.4 Å². The van der Waals surface area contributed by atoms with Gasteiger partial charge in [-0.2, -0.15) is 0 Å². The van der Waals surface area contributed by atoms with Crippen molar-refractivity contribution in [3.8, 4) is 5.75 Å². The minimum absolute atomic E-state index is 0.298. The zero-order valence-corrected chi connectivity index (χ0v) is 16.9. The minimum atomic E-state index is 0.298. The minimum Gasteiger partial charge on any atom is -0.489 e. The van der Waals surface area contributed by atoms with Gasteiger partial charge < -0.3 is 14.8 Å². The first-order chi connectivity index (χ1) is 12.0. The first kappa shape index (κ1) is 20.0. The first-order valence-electron chi connectivity index (χ1n) is 8.83. The van der Waals surface area contributed by atoms with Crippen LogP contribution in [0.5, 0.6) is 5.75 Å². The van der Waals surface area contributed by atoms with E-state index in [2.05, 4.69) is 72.3 Å². The average Bonchev–Trinajstić information content (AvgIpc) is 2.57. The van der Waals surface area contributed by atoms with Gasteiger partial charge in [-0.1, -0.05) is 45.8 Å². The van der Waals surface area contributed by atoms with Crippen molar-refractivity contribution >= 4 is 15.9 Å². The average molecular weight is 406 g/mol. The highest BCUT2D eigenvalue weighted by Gasteiger charge is 2.06. The summed E-state index contributed by atoms with van der Waals surface area (Å²) in [5.41, 5.74) is 3.60. The van der Waals surface area contributed by atoms with E-state index in [0.29, 0.717) is 12.7 Å². The molecule has 1 N–H and O–H groups in total. The quantitative estimate of drug-likeness (QED) is 0.548. The predicted octanol–water partition coefficient (Wildman–Crippen LogP) is 5.24. The number of nitrogens with one attached hydrogen (secondary N) is 1. The highest BCUT2D eigenvalue weighted by Crippen LogP contribution is 2.24. The molecule has 0 heterocycles. The lowest BCUT2D eigenvalue weighted by atomic mass is 10.1. The molecule has 0 fully saturated rings. The Kier molecular flexibility index (Phi) is 8.45. The van der Waals surface area contributed by atoms with Crippen molar-refractivity contribution in [3.05, 3.63) is 63.6 Å². The molecule has 25 heavy (non-hydrogen) atoms. The van der Waals surface area contributed by atoms with Gasteiger partial charge >= 0.3 is 0 Å². The van der Waals surface area contributed by atoms with E-state index >= 15 is 0 Å². The molecule has 0 bridgehead atoms. The van der Waals surface area contributed by atoms with Crippen molar-refractivity contribution in [3.63, 3.8) is 0 Å². The second kappa shape index (κ2) is 10.6. The molecule has 0 radical (unpaired) electrons. The predicted molar refractivity (Wildman–Crippen MR) is 107 cm³/mol. The Labute approximate surface area is 159 Å². The molecular weight excluding hydrogens is 378 g/mol. The molecule has 0 aliphatic carbocycles. The topological polar surface area (TPSA) is 30.5 Å². The van der Waals surface area contributed by atoms with E-state index in [1.807, 2.05) is 12.1 Å². The molecule has 0 aliphatic rings. The fraction of sp³-hybridized carbons (Fsp3) is 0.429. The van der Waals surface area contributed by atoms with Gasteiger partial charge in [-0.05, 0) is 57.5 Å². The van der Waals surface area contributed by atoms with Gasteiger partial charge in [-0.25, -0.2) is 0 Å². The van der Waals surface area contributed by atoms with Crippen LogP contribution >= 0.6 is 15.9 Å². The summed E-state index contributed by atoms with van der Waals surface area (Å²) in [4.78, 5) is 0. The van der Waals surface area contributed by atoms with Crippen molar-refractivity contribution in [1.82, 2.24) is 5.32 Å². The van der Waals surface area contributed by atoms with Gasteiger partial charge in [0.2, 0.25) is 0 Å². The zero-order valence-electron chi connectivity index (χ0n) is 15.3. The fourth-order valence-electron chi connectivity index (χ4n) is 2.53. The van der Waals surface area contributed by atoms with Crippen LogP contribution in [0.1, 0.15) is 37.0 Å². The Morgan fingerprint density at radius 3 is 2.72 bits per heavy atom. The van der Waals surface area contributed by atoms with Crippen LogP contribution in [0.25, 0.3) is 0 Å². The van der Waals surface area contributed by atoms with Crippen molar-refractivity contribution in [2.75, 3.05) is 13.2 Å². The largest absolute Gasteiger partial charge is 0.489 e. The van der Waals surface area contributed by atoms with E-state index in [9.17, 15) is 0 Å². The van der Waals surface area contributed by atoms with E-state index in [1.54, 1.807) is 0 Å². The number of ether oxygens (including phenoxy) is 2. The Morgan fingerprint density at radius 1 is 1.12 bits per heavy atom. The van der Waals surface area contributed by atoms with E-state index < -0.39 is 0 Å². The lowest BCUT2D eigenvalue weighted by Gasteiger charge is -2.13. The lowest BCUT2D eigenvalue weighted by molar-refractivity contribution is 0.0770. The molecule has 0 spiro atoms. The molecule has 0 aliphatic heterocycles. The number of benzene rings is 2. The van der Waals surface area contributed by atoms with Crippen molar-refractivity contribution in [2.45, 2.75) is 46.4 Å². The fourth-order valence-corrected chi connectivity index (χ4v) is 2.94. The van der Waals surface area contributed by atoms with Gasteiger partial charge in [0, 0.05) is 23.2 Å². The van der Waals surface area contributed by atoms with Crippen LogP contribution in [-0.2, 0) is 17.9 Å². The molecule has 4 heteroatoms. The zero-order chi connectivity index (χ0) is 18.1. The third-order valence-electron chi connectivity index (χ3n) is 3.76. The van der Waals surface area contributed by atoms with Crippen molar-refractivity contribution in [1.29, 1.82) is 0 Å². The van der Waals surface area contributed by atoms with Crippen LogP contribution < -0.4 is 10.1 Å². The molecule has 0 saturated carbocycles. The first-order valence-corrected chi connectivity index (χ1v) is 9.63. The Hall–Kier alpha value is -1.36. The maximum Gasteiger partial charge on any atom is 0.124 e. The summed E-state index contributed by atoms with van der Waals surface area (Å²) in [7, 11) is 0. The normalized spacial score (nSPS) is 11.1. The van der Waals surface area contributed by atoms with Crippen LogP contribution in [0.3, 0.4) is 0 Å². The molecule has 0 unspecified atom stereocenters. The van der Waals surface area contributed by atoms with Gasteiger partial charge in [0.05, 0.1) is 6.10 Å². The molecule has 136 valence electrons. The molecule has 2 aromatic rings. The second-order valence-electron chi connectivity index (χ2n) is 6.48. The molecule has 0 aromatic heterocycles. The number of rotatable bonds is 10. The van der Waals surface area contributed by atoms with Crippen molar-refractivity contribution < 1.29 is 9.47 Å². The summed E-state index contributed by atoms with van der Waals surface area (Å²) in [6.45, 7) is 9.31. The molecule has 3 nitrogen and oxygen atoms in total. The number of hydrogen-bond acceptors (Lipinski definition) is 3. The summed E-state index contributed by atoms with van der Waals surface area (Å²) in [5.74, 6) is 0.927. The standard InChI is InChI=1S/C21H28BrNO2/c1-16(2)24-11-5-10-23-14-19-13-20(22)8-9-21(19)25-15-18-7-4-6-17(3)12-18/h4,6-9,12-13,16,23H,5,10-11,14-15H2,1-3H3. The van der Waals surface area contributed by atoms with Crippen LogP contribution in [0.15, 0.2) is 46.9 Å². The van der Waals surface area contributed by atoms with Crippen LogP contribution in [0.2, 0.25) is 0 Å². The summed E-state index contributed by atoms with van der Waals surface area (Å²) in [6.07, 6.45) is 1.30. The van der Waals surface area contributed by atoms with Gasteiger partial charge in [-0.15, -0.1) is 0 Å². The molecule has 2 aromatic carbocycles. The molecule has 0 amide bonds. The third kappa shape index (κ3) is 7.59. The Morgan fingerprint density at radius 2 is 1.96 bits per heavy atom. The summed E-state index contributed by atoms with van der Waals surface area (Å²) in [6, 6.07) is 14.6. The Bertz CT molecular complexity index is 658. The molecule has 0 atom stereocenters. The van der Waals surface area contributed by atoms with Crippen LogP contribution in [0.4, 0.5) is 0 Å². The van der Waals surface area contributed by atoms with Gasteiger partial charge in [-0.3, -0.25) is 0 Å². The van der Waals surface area contributed by atoms with Crippen molar-refractivity contribution in [2.24, 2.45) is 0 Å². The highest BCUT2D eigenvalue weighted by atomic mass is 79.9. The number of halogens is 1. The second-order valence-corrected chi connectivity index (χ2v) is 7.40. The smallest absolute Gasteiger partial charge is 0.124 e. The maximum absolute atomic E-state index is 6.06. The monoisotopic (exact) mass is 405 g/mol. The molecular formula is C21H28BrNO2. The van der Waals surface area contributed by atoms with E-state index in [-0.39, 0.29) is 0 Å². The third-order valence-corrected chi connectivity index (χ3v) is 4.26. The van der Waals surface area contributed by atoms with E-state index in [1.165, 1.54) is 11.1 Å². The van der Waals surface area contributed by atoms with Gasteiger partial charge in [0.15, 0.2) is 0 Å². The number of aryl methyl sites for hydroxylation is 1. The Balaban J connectivity index is 1.86. The van der Waals surface area contributed by atoms with E-state index in [4.69, 9.17) is 9.47 Å². The van der Waals surface area contributed by atoms with Crippen LogP contribution in [0, 0.1) is 6.92 Å². The van der Waals surface area contributed by atoms with E-state index in [0.717, 1.165) is 41.9 Å². The summed E-state index contributed by atoms with van der Waals surface area (Å²) in [5, 5.41) is 3.47. The molecule has 0 saturated heterocycles. The highest BCUT2D eigenvalue weighted by molar-refractivity contribution is 9.10. The summed E-state index contributed by atoms with van der Waals surface area (Å²) < 4.78 is 12.7. The molecule has 2 rings (SSSR count).